The highest BCUT2D eigenvalue weighted by Crippen LogP contribution is 2.18. The first-order valence-electron chi connectivity index (χ1n) is 8.35. The molecule has 3 rings (SSSR count). The number of amides is 4. The standard InChI is InChI=1S/C17H22N4O3/c22-15-11-21(10-9-18-15)17(24)20-14-7-5-12(6-8-14)16(23)19-13-3-1-2-4-13/h5-8,13H,1-4,9-11H2,(H,18,22)(H,19,23)(H,20,24). The fourth-order valence-corrected chi connectivity index (χ4v) is 3.06. The molecule has 1 saturated carbocycles. The van der Waals surface area contributed by atoms with Crippen molar-refractivity contribution in [1.82, 2.24) is 15.5 Å². The maximum atomic E-state index is 12.2. The Morgan fingerprint density at radius 1 is 1.12 bits per heavy atom. The van der Waals surface area contributed by atoms with Crippen LogP contribution in [0.2, 0.25) is 0 Å². The topological polar surface area (TPSA) is 90.5 Å². The lowest BCUT2D eigenvalue weighted by Gasteiger charge is -2.26. The second-order valence-electron chi connectivity index (χ2n) is 6.23. The van der Waals surface area contributed by atoms with Crippen molar-refractivity contribution in [3.8, 4) is 0 Å². The zero-order valence-corrected chi connectivity index (χ0v) is 13.5. The molecule has 0 atom stereocenters. The summed E-state index contributed by atoms with van der Waals surface area (Å²) in [4.78, 5) is 37.1. The molecule has 24 heavy (non-hydrogen) atoms. The predicted molar refractivity (Wildman–Crippen MR) is 89.8 cm³/mol. The molecular formula is C17H22N4O3. The molecule has 1 saturated heterocycles. The van der Waals surface area contributed by atoms with Crippen molar-refractivity contribution >= 4 is 23.5 Å². The van der Waals surface area contributed by atoms with Gasteiger partial charge >= 0.3 is 6.03 Å². The number of carbonyl (C=O) groups excluding carboxylic acids is 3. The molecule has 1 aromatic carbocycles. The minimum absolute atomic E-state index is 0.0632. The number of hydrogen-bond acceptors (Lipinski definition) is 3. The average molecular weight is 330 g/mol. The van der Waals surface area contributed by atoms with Crippen LogP contribution in [0.4, 0.5) is 10.5 Å². The second kappa shape index (κ2) is 7.33. The third kappa shape index (κ3) is 4.04. The van der Waals surface area contributed by atoms with Crippen molar-refractivity contribution in [2.24, 2.45) is 0 Å². The summed E-state index contributed by atoms with van der Waals surface area (Å²) in [6.45, 7) is 1.01. The van der Waals surface area contributed by atoms with Crippen molar-refractivity contribution in [2.75, 3.05) is 25.0 Å². The molecule has 1 aromatic rings. The van der Waals surface area contributed by atoms with E-state index >= 15 is 0 Å². The van der Waals surface area contributed by atoms with Gasteiger partial charge in [0.25, 0.3) is 5.91 Å². The molecule has 4 amide bonds. The van der Waals surface area contributed by atoms with Crippen LogP contribution >= 0.6 is 0 Å². The van der Waals surface area contributed by atoms with E-state index in [0.717, 1.165) is 12.8 Å². The van der Waals surface area contributed by atoms with Crippen LogP contribution < -0.4 is 16.0 Å². The van der Waals surface area contributed by atoms with Gasteiger partial charge in [0.2, 0.25) is 5.91 Å². The first-order chi connectivity index (χ1) is 11.6. The van der Waals surface area contributed by atoms with E-state index in [-0.39, 0.29) is 30.4 Å². The van der Waals surface area contributed by atoms with E-state index in [0.29, 0.717) is 24.3 Å². The maximum Gasteiger partial charge on any atom is 0.322 e. The van der Waals surface area contributed by atoms with Crippen molar-refractivity contribution in [2.45, 2.75) is 31.7 Å². The zero-order chi connectivity index (χ0) is 16.9. The van der Waals surface area contributed by atoms with E-state index in [4.69, 9.17) is 0 Å². The molecule has 0 bridgehead atoms. The number of benzene rings is 1. The molecule has 1 aliphatic carbocycles. The molecule has 128 valence electrons. The van der Waals surface area contributed by atoms with Gasteiger partial charge in [-0.05, 0) is 37.1 Å². The molecule has 2 aliphatic rings. The molecular weight excluding hydrogens is 308 g/mol. The zero-order valence-electron chi connectivity index (χ0n) is 13.5. The van der Waals surface area contributed by atoms with Gasteiger partial charge in [-0.25, -0.2) is 4.79 Å². The smallest absolute Gasteiger partial charge is 0.322 e. The van der Waals surface area contributed by atoms with Crippen LogP contribution in [-0.4, -0.2) is 48.4 Å². The normalized spacial score (nSPS) is 18.2. The van der Waals surface area contributed by atoms with Gasteiger partial charge in [-0.1, -0.05) is 12.8 Å². The van der Waals surface area contributed by atoms with Crippen molar-refractivity contribution in [1.29, 1.82) is 0 Å². The second-order valence-corrected chi connectivity index (χ2v) is 6.23. The molecule has 1 aliphatic heterocycles. The Balaban J connectivity index is 1.54. The molecule has 2 fully saturated rings. The summed E-state index contributed by atoms with van der Waals surface area (Å²) in [7, 11) is 0. The van der Waals surface area contributed by atoms with Gasteiger partial charge in [0.1, 0.15) is 6.54 Å². The van der Waals surface area contributed by atoms with Gasteiger partial charge in [-0.2, -0.15) is 0 Å². The summed E-state index contributed by atoms with van der Waals surface area (Å²) in [5.41, 5.74) is 1.18. The van der Waals surface area contributed by atoms with E-state index in [9.17, 15) is 14.4 Å². The van der Waals surface area contributed by atoms with Gasteiger partial charge in [0.15, 0.2) is 0 Å². The van der Waals surface area contributed by atoms with E-state index in [2.05, 4.69) is 16.0 Å². The van der Waals surface area contributed by atoms with Crippen LogP contribution in [0, 0.1) is 0 Å². The van der Waals surface area contributed by atoms with E-state index in [1.807, 2.05) is 0 Å². The number of carbonyl (C=O) groups is 3. The monoisotopic (exact) mass is 330 g/mol. The fourth-order valence-electron chi connectivity index (χ4n) is 3.06. The highest BCUT2D eigenvalue weighted by molar-refractivity contribution is 5.96. The minimum atomic E-state index is -0.312. The first-order valence-corrected chi connectivity index (χ1v) is 8.35. The van der Waals surface area contributed by atoms with Gasteiger partial charge in [0.05, 0.1) is 0 Å². The van der Waals surface area contributed by atoms with Gasteiger partial charge in [-0.3, -0.25) is 9.59 Å². The number of piperazine rings is 1. The molecule has 0 aromatic heterocycles. The summed E-state index contributed by atoms with van der Waals surface area (Å²) < 4.78 is 0. The largest absolute Gasteiger partial charge is 0.353 e. The van der Waals surface area contributed by atoms with E-state index in [1.165, 1.54) is 17.7 Å². The SMILES string of the molecule is O=C1CN(C(=O)Nc2ccc(C(=O)NC3CCCC3)cc2)CCN1. The summed E-state index contributed by atoms with van der Waals surface area (Å²) in [6, 6.07) is 6.76. The number of hydrogen-bond donors (Lipinski definition) is 3. The summed E-state index contributed by atoms with van der Waals surface area (Å²) in [5, 5.41) is 8.45. The van der Waals surface area contributed by atoms with Crippen LogP contribution in [-0.2, 0) is 4.79 Å². The minimum Gasteiger partial charge on any atom is -0.353 e. The molecule has 7 heteroatoms. The maximum absolute atomic E-state index is 12.2. The van der Waals surface area contributed by atoms with Crippen LogP contribution in [0.25, 0.3) is 0 Å². The Hall–Kier alpha value is -2.57. The summed E-state index contributed by atoms with van der Waals surface area (Å²) in [6.07, 6.45) is 4.43. The van der Waals surface area contributed by atoms with Gasteiger partial charge < -0.3 is 20.9 Å². The van der Waals surface area contributed by atoms with Crippen LogP contribution in [0.5, 0.6) is 0 Å². The lowest BCUT2D eigenvalue weighted by molar-refractivity contribution is -0.123. The predicted octanol–water partition coefficient (Wildman–Crippen LogP) is 1.32. The Bertz CT molecular complexity index is 623. The van der Waals surface area contributed by atoms with E-state index < -0.39 is 0 Å². The summed E-state index contributed by atoms with van der Waals surface area (Å²) in [5.74, 6) is -0.234. The number of nitrogens with zero attached hydrogens (tertiary/aromatic N) is 1. The van der Waals surface area contributed by atoms with Gasteiger partial charge in [-0.15, -0.1) is 0 Å². The van der Waals surface area contributed by atoms with Gasteiger partial charge in [0, 0.05) is 30.4 Å². The molecule has 3 N–H and O–H groups in total. The molecule has 0 spiro atoms. The van der Waals surface area contributed by atoms with Crippen molar-refractivity contribution in [3.05, 3.63) is 29.8 Å². The highest BCUT2D eigenvalue weighted by Gasteiger charge is 2.21. The summed E-state index contributed by atoms with van der Waals surface area (Å²) >= 11 is 0. The third-order valence-corrected chi connectivity index (χ3v) is 4.41. The average Bonchev–Trinajstić information content (AvgIpc) is 3.08. The van der Waals surface area contributed by atoms with E-state index in [1.54, 1.807) is 24.3 Å². The Morgan fingerprint density at radius 2 is 1.83 bits per heavy atom. The lowest BCUT2D eigenvalue weighted by Crippen LogP contribution is -2.51. The third-order valence-electron chi connectivity index (χ3n) is 4.41. The number of urea groups is 1. The van der Waals surface area contributed by atoms with Crippen LogP contribution in [0.1, 0.15) is 36.0 Å². The number of anilines is 1. The Labute approximate surface area is 140 Å². The molecule has 1 heterocycles. The Morgan fingerprint density at radius 3 is 2.50 bits per heavy atom. The van der Waals surface area contributed by atoms with Crippen LogP contribution in [0.3, 0.4) is 0 Å². The lowest BCUT2D eigenvalue weighted by atomic mass is 10.1. The molecule has 0 unspecified atom stereocenters. The quantitative estimate of drug-likeness (QED) is 0.781. The molecule has 7 nitrogen and oxygen atoms in total. The Kier molecular flexibility index (Phi) is 4.98. The van der Waals surface area contributed by atoms with Crippen LogP contribution in [0.15, 0.2) is 24.3 Å². The number of rotatable bonds is 3. The first kappa shape index (κ1) is 16.3. The number of nitrogens with one attached hydrogen (secondary N) is 3. The fraction of sp³-hybridized carbons (Fsp3) is 0.471. The van der Waals surface area contributed by atoms with Crippen molar-refractivity contribution in [3.63, 3.8) is 0 Å². The highest BCUT2D eigenvalue weighted by atomic mass is 16.2. The van der Waals surface area contributed by atoms with Crippen molar-refractivity contribution < 1.29 is 14.4 Å². The molecule has 0 radical (unpaired) electrons.